The van der Waals surface area contributed by atoms with Crippen LogP contribution in [0.5, 0.6) is 5.75 Å². The van der Waals surface area contributed by atoms with E-state index in [9.17, 15) is 9.59 Å². The highest BCUT2D eigenvalue weighted by atomic mass is 16.5. The van der Waals surface area contributed by atoms with E-state index in [-0.39, 0.29) is 11.8 Å². The van der Waals surface area contributed by atoms with Gasteiger partial charge in [0.05, 0.1) is 19.6 Å². The van der Waals surface area contributed by atoms with Crippen molar-refractivity contribution in [3.05, 3.63) is 29.8 Å². The molecule has 0 bridgehead atoms. The van der Waals surface area contributed by atoms with Gasteiger partial charge in [0.1, 0.15) is 12.4 Å². The molecule has 7 nitrogen and oxygen atoms in total. The zero-order valence-electron chi connectivity index (χ0n) is 16.7. The second kappa shape index (κ2) is 10.9. The molecule has 1 heterocycles. The molecule has 1 N–H and O–H groups in total. The fourth-order valence-electron chi connectivity index (χ4n) is 3.00. The van der Waals surface area contributed by atoms with Crippen LogP contribution >= 0.6 is 0 Å². The lowest BCUT2D eigenvalue weighted by molar-refractivity contribution is -0.130. The molecule has 27 heavy (non-hydrogen) atoms. The summed E-state index contributed by atoms with van der Waals surface area (Å²) in [6, 6.07) is 7.87. The van der Waals surface area contributed by atoms with Gasteiger partial charge < -0.3 is 15.0 Å². The number of ether oxygens (including phenoxy) is 1. The fourth-order valence-corrected chi connectivity index (χ4v) is 3.00. The van der Waals surface area contributed by atoms with Crippen molar-refractivity contribution in [1.82, 2.24) is 20.0 Å². The summed E-state index contributed by atoms with van der Waals surface area (Å²) in [5, 5.41) is 2.91. The first-order valence-electron chi connectivity index (χ1n) is 9.55. The molecule has 7 heteroatoms. The van der Waals surface area contributed by atoms with Gasteiger partial charge in [-0.15, -0.1) is 0 Å². The Kier molecular flexibility index (Phi) is 8.54. The molecule has 0 aromatic heterocycles. The Morgan fingerprint density at radius 1 is 1.11 bits per heavy atom. The second-order valence-corrected chi connectivity index (χ2v) is 7.21. The second-order valence-electron chi connectivity index (χ2n) is 7.21. The van der Waals surface area contributed by atoms with E-state index in [1.807, 2.05) is 31.2 Å². The summed E-state index contributed by atoms with van der Waals surface area (Å²) in [6.45, 7) is 7.18. The van der Waals surface area contributed by atoms with E-state index in [0.717, 1.165) is 43.9 Å². The number of likely N-dealkylation sites (N-methyl/N-ethyl adjacent to an activating group) is 1. The molecule has 0 saturated carbocycles. The van der Waals surface area contributed by atoms with Crippen LogP contribution in [0.15, 0.2) is 24.3 Å². The van der Waals surface area contributed by atoms with Crippen LogP contribution in [0, 0.1) is 6.92 Å². The number of hydrogen-bond acceptors (Lipinski definition) is 5. The van der Waals surface area contributed by atoms with Crippen LogP contribution < -0.4 is 10.1 Å². The quantitative estimate of drug-likeness (QED) is 0.673. The molecule has 0 spiro atoms. The maximum absolute atomic E-state index is 12.2. The number of aryl methyl sites for hydroxylation is 1. The van der Waals surface area contributed by atoms with Crippen LogP contribution in [-0.4, -0.2) is 93.0 Å². The monoisotopic (exact) mass is 376 g/mol. The molecular weight excluding hydrogens is 344 g/mol. The number of hydrogen-bond donors (Lipinski definition) is 1. The number of carbonyl (C=O) groups excluding carboxylic acids is 2. The van der Waals surface area contributed by atoms with E-state index in [1.54, 1.807) is 19.0 Å². The van der Waals surface area contributed by atoms with Gasteiger partial charge in [-0.25, -0.2) is 0 Å². The molecule has 2 amide bonds. The van der Waals surface area contributed by atoms with Gasteiger partial charge in [0.15, 0.2) is 0 Å². The first-order valence-corrected chi connectivity index (χ1v) is 9.55. The molecule has 1 aliphatic rings. The molecule has 150 valence electrons. The van der Waals surface area contributed by atoms with E-state index in [1.165, 1.54) is 0 Å². The minimum absolute atomic E-state index is 0.0145. The van der Waals surface area contributed by atoms with Crippen LogP contribution in [0.1, 0.15) is 12.0 Å². The van der Waals surface area contributed by atoms with E-state index in [4.69, 9.17) is 4.74 Å². The van der Waals surface area contributed by atoms with E-state index in [2.05, 4.69) is 15.1 Å². The minimum Gasteiger partial charge on any atom is -0.492 e. The van der Waals surface area contributed by atoms with Gasteiger partial charge in [-0.05, 0) is 44.1 Å². The Morgan fingerprint density at radius 3 is 2.48 bits per heavy atom. The Balaban J connectivity index is 1.63. The average Bonchev–Trinajstić information content (AvgIpc) is 2.84. The smallest absolute Gasteiger partial charge is 0.236 e. The predicted octanol–water partition coefficient (Wildman–Crippen LogP) is 0.586. The summed E-state index contributed by atoms with van der Waals surface area (Å²) >= 11 is 0. The molecule has 1 fully saturated rings. The number of amides is 2. The van der Waals surface area contributed by atoms with Gasteiger partial charge in [0, 0.05) is 27.2 Å². The predicted molar refractivity (Wildman–Crippen MR) is 106 cm³/mol. The normalized spacial score (nSPS) is 15.8. The lowest BCUT2D eigenvalue weighted by atomic mass is 10.2. The van der Waals surface area contributed by atoms with Crippen molar-refractivity contribution < 1.29 is 14.3 Å². The van der Waals surface area contributed by atoms with Gasteiger partial charge in [-0.3, -0.25) is 19.4 Å². The van der Waals surface area contributed by atoms with E-state index >= 15 is 0 Å². The number of rotatable bonds is 8. The van der Waals surface area contributed by atoms with Crippen LogP contribution in [0.25, 0.3) is 0 Å². The third kappa shape index (κ3) is 7.97. The average molecular weight is 377 g/mol. The van der Waals surface area contributed by atoms with Gasteiger partial charge in [0.25, 0.3) is 0 Å². The van der Waals surface area contributed by atoms with Crippen LogP contribution in [0.4, 0.5) is 0 Å². The maximum Gasteiger partial charge on any atom is 0.236 e. The third-order valence-corrected chi connectivity index (χ3v) is 4.59. The van der Waals surface area contributed by atoms with Crippen molar-refractivity contribution in [3.63, 3.8) is 0 Å². The summed E-state index contributed by atoms with van der Waals surface area (Å²) in [7, 11) is 3.55. The molecule has 0 radical (unpaired) electrons. The van der Waals surface area contributed by atoms with Gasteiger partial charge in [0.2, 0.25) is 11.8 Å². The molecule has 2 rings (SSSR count). The number of nitrogens with zero attached hydrogens (tertiary/aromatic N) is 3. The molecular formula is C20H32N4O3. The van der Waals surface area contributed by atoms with Crippen molar-refractivity contribution >= 4 is 11.8 Å². The summed E-state index contributed by atoms with van der Waals surface area (Å²) in [4.78, 5) is 29.9. The number of carbonyl (C=O) groups is 2. The highest BCUT2D eigenvalue weighted by molar-refractivity contribution is 5.78. The Hall–Kier alpha value is -2.12. The van der Waals surface area contributed by atoms with Crippen LogP contribution in [-0.2, 0) is 9.59 Å². The summed E-state index contributed by atoms with van der Waals surface area (Å²) in [5.41, 5.74) is 1.15. The van der Waals surface area contributed by atoms with E-state index in [0.29, 0.717) is 26.2 Å². The molecule has 0 unspecified atom stereocenters. The van der Waals surface area contributed by atoms with Crippen molar-refractivity contribution in [3.8, 4) is 5.75 Å². The van der Waals surface area contributed by atoms with Gasteiger partial charge >= 0.3 is 0 Å². The minimum atomic E-state index is 0.0145. The highest BCUT2D eigenvalue weighted by Gasteiger charge is 2.19. The van der Waals surface area contributed by atoms with Crippen molar-refractivity contribution in [2.24, 2.45) is 0 Å². The van der Waals surface area contributed by atoms with Crippen LogP contribution in [0.2, 0.25) is 0 Å². The molecule has 1 saturated heterocycles. The third-order valence-electron chi connectivity index (χ3n) is 4.59. The molecule has 0 aliphatic carbocycles. The lowest BCUT2D eigenvalue weighted by Gasteiger charge is -2.22. The highest BCUT2D eigenvalue weighted by Crippen LogP contribution is 2.11. The van der Waals surface area contributed by atoms with Crippen molar-refractivity contribution in [1.29, 1.82) is 0 Å². The SMILES string of the molecule is Cc1cccc(OCCNC(=O)CN2CCCN(CC(=O)N(C)C)CC2)c1. The lowest BCUT2D eigenvalue weighted by Crippen LogP contribution is -2.41. The molecule has 0 atom stereocenters. The van der Waals surface area contributed by atoms with Gasteiger partial charge in [-0.2, -0.15) is 0 Å². The van der Waals surface area contributed by atoms with Crippen molar-refractivity contribution in [2.75, 3.05) is 66.5 Å². The zero-order chi connectivity index (χ0) is 19.6. The summed E-state index contributed by atoms with van der Waals surface area (Å²) in [5.74, 6) is 0.958. The zero-order valence-corrected chi connectivity index (χ0v) is 16.7. The molecule has 1 aromatic rings. The summed E-state index contributed by atoms with van der Waals surface area (Å²) < 4.78 is 5.65. The number of benzene rings is 1. The summed E-state index contributed by atoms with van der Waals surface area (Å²) in [6.07, 6.45) is 0.963. The Morgan fingerprint density at radius 2 is 1.81 bits per heavy atom. The van der Waals surface area contributed by atoms with Crippen molar-refractivity contribution in [2.45, 2.75) is 13.3 Å². The van der Waals surface area contributed by atoms with Gasteiger partial charge in [-0.1, -0.05) is 12.1 Å². The van der Waals surface area contributed by atoms with E-state index < -0.39 is 0 Å². The largest absolute Gasteiger partial charge is 0.492 e. The Bertz CT molecular complexity index is 621. The molecule has 1 aliphatic heterocycles. The fraction of sp³-hybridized carbons (Fsp3) is 0.600. The first-order chi connectivity index (χ1) is 12.9. The number of nitrogens with one attached hydrogen (secondary N) is 1. The maximum atomic E-state index is 12.2. The van der Waals surface area contributed by atoms with Crippen LogP contribution in [0.3, 0.4) is 0 Å². The first kappa shape index (κ1) is 21.2. The molecule has 1 aromatic carbocycles. The Labute approximate surface area is 162 Å². The topological polar surface area (TPSA) is 65.1 Å². The standard InChI is InChI=1S/C20H32N4O3/c1-17-6-4-7-18(14-17)27-13-8-21-19(25)15-23-9-5-10-24(12-11-23)16-20(26)22(2)3/h4,6-7,14H,5,8-13,15-16H2,1-3H3,(H,21,25).